The molecule has 0 aliphatic rings. The van der Waals surface area contributed by atoms with Gasteiger partial charge in [-0.05, 0) is 30.0 Å². The molecule has 2 aromatic carbocycles. The third-order valence-electron chi connectivity index (χ3n) is 3.94. The number of aryl methyl sites for hydroxylation is 1. The van der Waals surface area contributed by atoms with E-state index in [9.17, 15) is 9.18 Å². The second-order valence-electron chi connectivity index (χ2n) is 5.63. The van der Waals surface area contributed by atoms with Gasteiger partial charge < -0.3 is 0 Å². The fourth-order valence-corrected chi connectivity index (χ4v) is 2.57. The summed E-state index contributed by atoms with van der Waals surface area (Å²) in [5, 5.41) is 0. The highest BCUT2D eigenvalue weighted by Gasteiger charge is 2.08. The first kappa shape index (κ1) is 16.4. The molecule has 0 radical (unpaired) electrons. The van der Waals surface area contributed by atoms with Crippen molar-refractivity contribution in [3.63, 3.8) is 0 Å². The lowest BCUT2D eigenvalue weighted by Crippen LogP contribution is -1.96. The fraction of sp³-hybridized carbons (Fsp3) is 0.350. The van der Waals surface area contributed by atoms with E-state index in [1.165, 1.54) is 12.8 Å². The highest BCUT2D eigenvalue weighted by Crippen LogP contribution is 2.25. The minimum atomic E-state index is -0.191. The van der Waals surface area contributed by atoms with E-state index in [0.717, 1.165) is 24.0 Å². The summed E-state index contributed by atoms with van der Waals surface area (Å²) in [6.07, 6.45) is 4.86. The van der Waals surface area contributed by atoms with Crippen LogP contribution in [0.4, 0.5) is 4.39 Å². The molecule has 0 bridgehead atoms. The summed E-state index contributed by atoms with van der Waals surface area (Å²) < 4.78 is 14.3. The summed E-state index contributed by atoms with van der Waals surface area (Å²) in [5.74, 6) is -0.0816. The van der Waals surface area contributed by atoms with E-state index in [-0.39, 0.29) is 11.6 Å². The molecule has 0 aromatic heterocycles. The van der Waals surface area contributed by atoms with Gasteiger partial charge in [-0.25, -0.2) is 4.39 Å². The number of rotatable bonds is 7. The number of carbonyl (C=O) groups is 1. The number of ketones is 1. The van der Waals surface area contributed by atoms with Crippen molar-refractivity contribution in [1.82, 2.24) is 0 Å². The number of unbranched alkanes of at least 4 members (excludes halogenated alkanes) is 2. The SMILES string of the molecule is CCCCCc1ccc(-c2ccc(C(=O)CC)cc2)c(F)c1. The van der Waals surface area contributed by atoms with E-state index in [1.807, 2.05) is 31.2 Å². The quantitative estimate of drug-likeness (QED) is 0.465. The Morgan fingerprint density at radius 2 is 1.73 bits per heavy atom. The molecule has 0 fully saturated rings. The maximum atomic E-state index is 14.3. The van der Waals surface area contributed by atoms with Crippen molar-refractivity contribution in [2.24, 2.45) is 0 Å². The predicted octanol–water partition coefficient (Wildman–Crippen LogP) is 5.82. The Bertz CT molecular complexity index is 629. The Kier molecular flexibility index (Phi) is 5.88. The highest BCUT2D eigenvalue weighted by atomic mass is 19.1. The number of Topliss-reactive ketones (excluding diaryl/α,β-unsaturated/α-hetero) is 1. The van der Waals surface area contributed by atoms with Crippen LogP contribution in [0.1, 0.15) is 55.5 Å². The van der Waals surface area contributed by atoms with E-state index in [1.54, 1.807) is 18.2 Å². The molecule has 0 aliphatic carbocycles. The predicted molar refractivity (Wildman–Crippen MR) is 89.7 cm³/mol. The summed E-state index contributed by atoms with van der Waals surface area (Å²) >= 11 is 0. The van der Waals surface area contributed by atoms with Gasteiger partial charge in [0.25, 0.3) is 0 Å². The Morgan fingerprint density at radius 1 is 1.00 bits per heavy atom. The molecule has 1 nitrogen and oxygen atoms in total. The van der Waals surface area contributed by atoms with Gasteiger partial charge in [-0.1, -0.05) is 63.1 Å². The van der Waals surface area contributed by atoms with Gasteiger partial charge in [0.1, 0.15) is 5.82 Å². The van der Waals surface area contributed by atoms with Crippen LogP contribution in [-0.4, -0.2) is 5.78 Å². The molecule has 22 heavy (non-hydrogen) atoms. The number of halogens is 1. The molecule has 2 heteroatoms. The van der Waals surface area contributed by atoms with Crippen LogP contribution in [0.25, 0.3) is 11.1 Å². The summed E-state index contributed by atoms with van der Waals surface area (Å²) in [7, 11) is 0. The molecule has 0 heterocycles. The summed E-state index contributed by atoms with van der Waals surface area (Å²) in [4.78, 5) is 11.6. The fourth-order valence-electron chi connectivity index (χ4n) is 2.57. The van der Waals surface area contributed by atoms with Gasteiger partial charge >= 0.3 is 0 Å². The molecule has 2 rings (SSSR count). The zero-order chi connectivity index (χ0) is 15.9. The smallest absolute Gasteiger partial charge is 0.162 e. The van der Waals surface area contributed by atoms with Gasteiger partial charge in [-0.2, -0.15) is 0 Å². The van der Waals surface area contributed by atoms with E-state index in [0.29, 0.717) is 17.5 Å². The van der Waals surface area contributed by atoms with Crippen molar-refractivity contribution in [2.75, 3.05) is 0 Å². The highest BCUT2D eigenvalue weighted by molar-refractivity contribution is 5.96. The molecule has 0 N–H and O–H groups in total. The largest absolute Gasteiger partial charge is 0.294 e. The standard InChI is InChI=1S/C20H23FO/c1-3-5-6-7-15-8-13-18(19(21)14-15)16-9-11-17(12-10-16)20(22)4-2/h8-14H,3-7H2,1-2H3. The van der Waals surface area contributed by atoms with Gasteiger partial charge in [0.2, 0.25) is 0 Å². The molecule has 0 saturated heterocycles. The zero-order valence-electron chi connectivity index (χ0n) is 13.4. The third kappa shape index (κ3) is 4.03. The summed E-state index contributed by atoms with van der Waals surface area (Å²) in [5.41, 5.74) is 3.13. The molecular formula is C20H23FO. The first-order chi connectivity index (χ1) is 10.7. The Hall–Kier alpha value is -1.96. The van der Waals surface area contributed by atoms with Crippen LogP contribution in [-0.2, 0) is 6.42 Å². The van der Waals surface area contributed by atoms with Gasteiger partial charge in [0.15, 0.2) is 5.78 Å². The normalized spacial score (nSPS) is 10.7. The molecule has 0 unspecified atom stereocenters. The monoisotopic (exact) mass is 298 g/mol. The Balaban J connectivity index is 2.16. The first-order valence-electron chi connectivity index (χ1n) is 8.07. The van der Waals surface area contributed by atoms with Crippen LogP contribution in [0.2, 0.25) is 0 Å². The maximum Gasteiger partial charge on any atom is 0.162 e. The number of hydrogen-bond donors (Lipinski definition) is 0. The maximum absolute atomic E-state index is 14.3. The lowest BCUT2D eigenvalue weighted by atomic mass is 9.99. The number of benzene rings is 2. The van der Waals surface area contributed by atoms with Crippen LogP contribution in [0, 0.1) is 5.82 Å². The van der Waals surface area contributed by atoms with E-state index >= 15 is 0 Å². The van der Waals surface area contributed by atoms with Crippen molar-refractivity contribution >= 4 is 5.78 Å². The topological polar surface area (TPSA) is 17.1 Å². The van der Waals surface area contributed by atoms with Gasteiger partial charge in [-0.15, -0.1) is 0 Å². The molecule has 0 atom stereocenters. The van der Waals surface area contributed by atoms with Crippen molar-refractivity contribution in [3.8, 4) is 11.1 Å². The summed E-state index contributed by atoms with van der Waals surface area (Å²) in [6.45, 7) is 4.00. The summed E-state index contributed by atoms with van der Waals surface area (Å²) in [6, 6.07) is 12.7. The second-order valence-corrected chi connectivity index (χ2v) is 5.63. The van der Waals surface area contributed by atoms with Crippen molar-refractivity contribution in [3.05, 3.63) is 59.4 Å². The molecule has 116 valence electrons. The van der Waals surface area contributed by atoms with Crippen molar-refractivity contribution in [1.29, 1.82) is 0 Å². The van der Waals surface area contributed by atoms with E-state index < -0.39 is 0 Å². The average Bonchev–Trinajstić information content (AvgIpc) is 2.55. The van der Waals surface area contributed by atoms with E-state index in [4.69, 9.17) is 0 Å². The van der Waals surface area contributed by atoms with Crippen molar-refractivity contribution < 1.29 is 9.18 Å². The molecular weight excluding hydrogens is 275 g/mol. The first-order valence-corrected chi connectivity index (χ1v) is 8.07. The minimum absolute atomic E-state index is 0.110. The number of carbonyl (C=O) groups excluding carboxylic acids is 1. The van der Waals surface area contributed by atoms with Crippen LogP contribution in [0.15, 0.2) is 42.5 Å². The van der Waals surface area contributed by atoms with Gasteiger partial charge in [0, 0.05) is 17.5 Å². The van der Waals surface area contributed by atoms with Crippen LogP contribution in [0.5, 0.6) is 0 Å². The molecule has 2 aromatic rings. The van der Waals surface area contributed by atoms with Crippen LogP contribution in [0.3, 0.4) is 0 Å². The lowest BCUT2D eigenvalue weighted by Gasteiger charge is -2.07. The zero-order valence-corrected chi connectivity index (χ0v) is 13.4. The van der Waals surface area contributed by atoms with Gasteiger partial charge in [-0.3, -0.25) is 4.79 Å². The molecule has 0 amide bonds. The minimum Gasteiger partial charge on any atom is -0.294 e. The second kappa shape index (κ2) is 7.88. The average molecular weight is 298 g/mol. The Labute approximate surface area is 132 Å². The van der Waals surface area contributed by atoms with E-state index in [2.05, 4.69) is 6.92 Å². The van der Waals surface area contributed by atoms with Gasteiger partial charge in [0.05, 0.1) is 0 Å². The van der Waals surface area contributed by atoms with Crippen LogP contribution >= 0.6 is 0 Å². The molecule has 0 saturated carbocycles. The molecule has 0 spiro atoms. The molecule has 0 aliphatic heterocycles. The lowest BCUT2D eigenvalue weighted by molar-refractivity contribution is 0.0988. The van der Waals surface area contributed by atoms with Crippen LogP contribution < -0.4 is 0 Å². The Morgan fingerprint density at radius 3 is 2.32 bits per heavy atom. The number of hydrogen-bond acceptors (Lipinski definition) is 1. The van der Waals surface area contributed by atoms with Crippen molar-refractivity contribution in [2.45, 2.75) is 46.0 Å². The third-order valence-corrected chi connectivity index (χ3v) is 3.94.